The van der Waals surface area contributed by atoms with E-state index in [2.05, 4.69) is 0 Å². The van der Waals surface area contributed by atoms with Crippen LogP contribution in [0, 0.1) is 0 Å². The van der Waals surface area contributed by atoms with Gasteiger partial charge in [-0.2, -0.15) is 13.5 Å². The van der Waals surface area contributed by atoms with Gasteiger partial charge in [0.1, 0.15) is 0 Å². The Kier molecular flexibility index (Phi) is 7.42. The van der Waals surface area contributed by atoms with E-state index in [1.165, 1.54) is 24.3 Å². The van der Waals surface area contributed by atoms with Crippen molar-refractivity contribution in [2.75, 3.05) is 12.9 Å². The first-order chi connectivity index (χ1) is 12.1. The van der Waals surface area contributed by atoms with E-state index < -0.39 is 45.5 Å². The zero-order chi connectivity index (χ0) is 20.0. The number of nitrogens with zero attached hydrogens (tertiary/aromatic N) is 1. The molecular formula is C16H21NO8S. The van der Waals surface area contributed by atoms with Gasteiger partial charge in [-0.05, 0) is 6.42 Å². The standard InChI is InChI=1S/C16H21NO8S/c1-3-7-13(18)17(25-2)16(15(20)21,10-11-26(22,23)24)14(19)12-8-5-4-6-9-12/h4-6,8-9H,3,7,10-11H2,1-2H3,(H,20,21)(H,22,23,24)/t16-/m1/s1. The molecule has 10 heteroatoms. The molecule has 1 aromatic rings. The van der Waals surface area contributed by atoms with Gasteiger partial charge in [0.25, 0.3) is 10.1 Å². The van der Waals surface area contributed by atoms with Crippen molar-refractivity contribution in [3.8, 4) is 0 Å². The molecule has 0 aliphatic heterocycles. The van der Waals surface area contributed by atoms with Gasteiger partial charge in [0.2, 0.25) is 17.2 Å². The second kappa shape index (κ2) is 8.88. The van der Waals surface area contributed by atoms with E-state index in [-0.39, 0.29) is 12.0 Å². The molecule has 144 valence electrons. The summed E-state index contributed by atoms with van der Waals surface area (Å²) in [7, 11) is -3.58. The number of carbonyl (C=O) groups excluding carboxylic acids is 2. The Hall–Kier alpha value is -2.30. The summed E-state index contributed by atoms with van der Waals surface area (Å²) in [5, 5.41) is 10.2. The van der Waals surface area contributed by atoms with Crippen molar-refractivity contribution in [2.24, 2.45) is 0 Å². The summed E-state index contributed by atoms with van der Waals surface area (Å²) in [4.78, 5) is 42.4. The van der Waals surface area contributed by atoms with E-state index in [4.69, 9.17) is 9.39 Å². The molecule has 0 spiro atoms. The van der Waals surface area contributed by atoms with Crippen LogP contribution in [0.3, 0.4) is 0 Å². The summed E-state index contributed by atoms with van der Waals surface area (Å²) in [6.07, 6.45) is -0.638. The molecule has 9 nitrogen and oxygen atoms in total. The number of aliphatic carboxylic acids is 1. The molecule has 0 radical (unpaired) electrons. The second-order valence-corrected chi connectivity index (χ2v) is 7.09. The quantitative estimate of drug-likeness (QED) is 0.264. The lowest BCUT2D eigenvalue weighted by atomic mass is 9.85. The molecule has 1 aromatic carbocycles. The Morgan fingerprint density at radius 1 is 1.19 bits per heavy atom. The molecule has 0 aliphatic carbocycles. The third-order valence-electron chi connectivity index (χ3n) is 3.71. The van der Waals surface area contributed by atoms with E-state index in [0.717, 1.165) is 7.11 Å². The lowest BCUT2D eigenvalue weighted by Gasteiger charge is -2.37. The topological polar surface area (TPSA) is 138 Å². The summed E-state index contributed by atoms with van der Waals surface area (Å²) in [6, 6.07) is 7.27. The fourth-order valence-corrected chi connectivity index (χ4v) is 3.04. The van der Waals surface area contributed by atoms with E-state index in [0.29, 0.717) is 11.5 Å². The number of carboxylic acid groups (broad SMARTS) is 1. The van der Waals surface area contributed by atoms with Gasteiger partial charge in [0, 0.05) is 18.4 Å². The molecule has 0 aliphatic rings. The smallest absolute Gasteiger partial charge is 0.340 e. The van der Waals surface area contributed by atoms with Crippen LogP contribution in [-0.4, -0.2) is 59.2 Å². The van der Waals surface area contributed by atoms with E-state index >= 15 is 0 Å². The summed E-state index contributed by atoms with van der Waals surface area (Å²) in [6.45, 7) is 1.67. The molecule has 0 fully saturated rings. The largest absolute Gasteiger partial charge is 0.479 e. The number of benzene rings is 1. The monoisotopic (exact) mass is 387 g/mol. The normalized spacial score (nSPS) is 13.7. The van der Waals surface area contributed by atoms with Crippen molar-refractivity contribution >= 4 is 27.8 Å². The Balaban J connectivity index is 3.56. The van der Waals surface area contributed by atoms with Crippen LogP contribution in [0.4, 0.5) is 0 Å². The maximum Gasteiger partial charge on any atom is 0.340 e. The highest BCUT2D eigenvalue weighted by Crippen LogP contribution is 2.28. The third-order valence-corrected chi connectivity index (χ3v) is 4.43. The maximum absolute atomic E-state index is 13.0. The number of amides is 1. The van der Waals surface area contributed by atoms with Crippen LogP contribution in [0.15, 0.2) is 30.3 Å². The molecule has 0 unspecified atom stereocenters. The summed E-state index contributed by atoms with van der Waals surface area (Å²) >= 11 is 0. The first-order valence-electron chi connectivity index (χ1n) is 7.75. The van der Waals surface area contributed by atoms with Gasteiger partial charge in [-0.3, -0.25) is 19.0 Å². The zero-order valence-electron chi connectivity index (χ0n) is 14.4. The van der Waals surface area contributed by atoms with Crippen molar-refractivity contribution < 1.29 is 37.3 Å². The van der Waals surface area contributed by atoms with Crippen LogP contribution < -0.4 is 0 Å². The number of hydrogen-bond donors (Lipinski definition) is 2. The SMILES string of the molecule is CCCC(=O)N(OC)[C@@](CCS(=O)(=O)O)(C(=O)O)C(=O)c1ccccc1. The number of carboxylic acids is 1. The molecule has 2 N–H and O–H groups in total. The molecule has 1 atom stereocenters. The Bertz CT molecular complexity index is 762. The molecule has 0 saturated heterocycles. The minimum absolute atomic E-state index is 0.0448. The number of hydroxylamine groups is 2. The van der Waals surface area contributed by atoms with Crippen LogP contribution in [0.2, 0.25) is 0 Å². The molecule has 0 heterocycles. The van der Waals surface area contributed by atoms with Gasteiger partial charge in [0.15, 0.2) is 0 Å². The van der Waals surface area contributed by atoms with Gasteiger partial charge in [-0.25, -0.2) is 4.79 Å². The van der Waals surface area contributed by atoms with Gasteiger partial charge in [-0.1, -0.05) is 37.3 Å². The predicted octanol–water partition coefficient (Wildman–Crippen LogP) is 1.16. The van der Waals surface area contributed by atoms with Crippen molar-refractivity contribution in [1.82, 2.24) is 5.06 Å². The lowest BCUT2D eigenvalue weighted by molar-refractivity contribution is -0.209. The zero-order valence-corrected chi connectivity index (χ0v) is 15.2. The first kappa shape index (κ1) is 21.7. The highest BCUT2D eigenvalue weighted by Gasteiger charge is 2.54. The molecular weight excluding hydrogens is 366 g/mol. The molecule has 0 bridgehead atoms. The van der Waals surface area contributed by atoms with Crippen molar-refractivity contribution in [3.05, 3.63) is 35.9 Å². The number of Topliss-reactive ketones (excluding diaryl/α,β-unsaturated/α-hetero) is 1. The highest BCUT2D eigenvalue weighted by atomic mass is 32.2. The summed E-state index contributed by atoms with van der Waals surface area (Å²) in [5.74, 6) is -4.63. The second-order valence-electron chi connectivity index (χ2n) is 5.52. The number of rotatable bonds is 10. The number of hydrogen-bond acceptors (Lipinski definition) is 6. The minimum atomic E-state index is -4.60. The van der Waals surface area contributed by atoms with Crippen LogP contribution in [0.1, 0.15) is 36.5 Å². The molecule has 26 heavy (non-hydrogen) atoms. The summed E-state index contributed by atoms with van der Waals surface area (Å²) in [5.41, 5.74) is -2.69. The average molecular weight is 387 g/mol. The fourth-order valence-electron chi connectivity index (χ4n) is 2.49. The first-order valence-corrected chi connectivity index (χ1v) is 9.36. The minimum Gasteiger partial charge on any atom is -0.479 e. The lowest BCUT2D eigenvalue weighted by Crippen LogP contribution is -2.62. The number of carbonyl (C=O) groups is 3. The van der Waals surface area contributed by atoms with Crippen LogP contribution in [0.5, 0.6) is 0 Å². The number of ketones is 1. The maximum atomic E-state index is 13.0. The van der Waals surface area contributed by atoms with Gasteiger partial charge in [0.05, 0.1) is 12.9 Å². The van der Waals surface area contributed by atoms with Crippen molar-refractivity contribution in [1.29, 1.82) is 0 Å². The van der Waals surface area contributed by atoms with Crippen LogP contribution in [0.25, 0.3) is 0 Å². The van der Waals surface area contributed by atoms with E-state index in [9.17, 15) is 27.9 Å². The Morgan fingerprint density at radius 2 is 1.77 bits per heavy atom. The molecule has 1 rings (SSSR count). The fraction of sp³-hybridized carbons (Fsp3) is 0.438. The van der Waals surface area contributed by atoms with Crippen molar-refractivity contribution in [3.63, 3.8) is 0 Å². The Morgan fingerprint density at radius 3 is 2.19 bits per heavy atom. The van der Waals surface area contributed by atoms with Gasteiger partial charge >= 0.3 is 5.97 Å². The average Bonchev–Trinajstić information content (AvgIpc) is 2.57. The van der Waals surface area contributed by atoms with Crippen LogP contribution >= 0.6 is 0 Å². The highest BCUT2D eigenvalue weighted by molar-refractivity contribution is 7.85. The molecule has 1 amide bonds. The Labute approximate surface area is 151 Å². The van der Waals surface area contributed by atoms with Gasteiger partial charge < -0.3 is 5.11 Å². The third kappa shape index (κ3) is 4.87. The summed E-state index contributed by atoms with van der Waals surface area (Å²) < 4.78 is 31.4. The van der Waals surface area contributed by atoms with E-state index in [1.54, 1.807) is 13.0 Å². The molecule has 0 saturated carbocycles. The van der Waals surface area contributed by atoms with Crippen molar-refractivity contribution in [2.45, 2.75) is 31.7 Å². The van der Waals surface area contributed by atoms with Crippen LogP contribution in [-0.2, 0) is 24.5 Å². The van der Waals surface area contributed by atoms with Gasteiger partial charge in [-0.15, -0.1) is 0 Å². The van der Waals surface area contributed by atoms with E-state index in [1.807, 2.05) is 0 Å². The molecule has 0 aromatic heterocycles. The predicted molar refractivity (Wildman–Crippen MR) is 90.9 cm³/mol.